The molecule has 0 saturated carbocycles. The number of hydrogen-bond acceptors (Lipinski definition) is 6. The highest BCUT2D eigenvalue weighted by atomic mass is 32.2. The van der Waals surface area contributed by atoms with Gasteiger partial charge in [-0.05, 0) is 127 Å². The Hall–Kier alpha value is -4.60. The van der Waals surface area contributed by atoms with Crippen LogP contribution in [0.5, 0.6) is 0 Å². The maximum atomic E-state index is 13.0. The predicted octanol–water partition coefficient (Wildman–Crippen LogP) is 14.0. The van der Waals surface area contributed by atoms with Gasteiger partial charge in [-0.15, -0.1) is 0 Å². The third-order valence-corrected chi connectivity index (χ3v) is 14.1. The van der Waals surface area contributed by atoms with Crippen molar-refractivity contribution in [2.75, 3.05) is 0 Å². The van der Waals surface area contributed by atoms with E-state index < -0.39 is 32.4 Å². The summed E-state index contributed by atoms with van der Waals surface area (Å²) in [4.78, 5) is 0.386. The van der Waals surface area contributed by atoms with E-state index >= 15 is 0 Å². The second-order valence-corrected chi connectivity index (χ2v) is 21.5. The van der Waals surface area contributed by atoms with Crippen molar-refractivity contribution in [1.29, 1.82) is 0 Å². The summed E-state index contributed by atoms with van der Waals surface area (Å²) >= 11 is 0. The third-order valence-electron chi connectivity index (χ3n) is 11.4. The molecule has 2 aromatic carbocycles. The number of allylic oxidation sites excluding steroid dienone is 20. The van der Waals surface area contributed by atoms with Gasteiger partial charge in [0.15, 0.2) is 0 Å². The van der Waals surface area contributed by atoms with Crippen LogP contribution in [0.25, 0.3) is 0 Å². The minimum atomic E-state index is -3.84. The van der Waals surface area contributed by atoms with Gasteiger partial charge in [-0.3, -0.25) is 8.37 Å². The first-order valence-electron chi connectivity index (χ1n) is 21.5. The van der Waals surface area contributed by atoms with E-state index in [0.29, 0.717) is 25.7 Å². The molecule has 0 fully saturated rings. The summed E-state index contributed by atoms with van der Waals surface area (Å²) in [5.74, 6) is 0. The Morgan fingerprint density at radius 1 is 0.500 bits per heavy atom. The van der Waals surface area contributed by atoms with Crippen molar-refractivity contribution in [2.45, 2.75) is 131 Å². The largest absolute Gasteiger partial charge is 0.297 e. The molecule has 0 N–H and O–H groups in total. The van der Waals surface area contributed by atoms with E-state index in [1.165, 1.54) is 11.1 Å². The van der Waals surface area contributed by atoms with Gasteiger partial charge in [-0.1, -0.05) is 182 Å². The van der Waals surface area contributed by atoms with Crippen molar-refractivity contribution in [1.82, 2.24) is 0 Å². The van der Waals surface area contributed by atoms with Crippen LogP contribution >= 0.6 is 0 Å². The van der Waals surface area contributed by atoms with Crippen molar-refractivity contribution in [3.05, 3.63) is 189 Å². The smallest absolute Gasteiger partial charge is 0.263 e. The minimum absolute atomic E-state index is 0.193. The fourth-order valence-corrected chi connectivity index (χ4v) is 10.2. The van der Waals surface area contributed by atoms with E-state index in [4.69, 9.17) is 8.37 Å². The Labute approximate surface area is 374 Å². The first-order chi connectivity index (χ1) is 29.0. The van der Waals surface area contributed by atoms with Gasteiger partial charge in [0, 0.05) is 0 Å². The molecular formula is C54H68O6S2. The zero-order valence-corrected chi connectivity index (χ0v) is 40.6. The molecule has 2 atom stereocenters. The molecule has 0 aliphatic heterocycles. The zero-order chi connectivity index (χ0) is 45.9. The maximum Gasteiger partial charge on any atom is 0.297 e. The van der Waals surface area contributed by atoms with Crippen LogP contribution in [-0.4, -0.2) is 29.0 Å². The average molecular weight is 877 g/mol. The van der Waals surface area contributed by atoms with Gasteiger partial charge in [0.05, 0.1) is 22.0 Å². The second-order valence-electron chi connectivity index (χ2n) is 18.4. The number of rotatable bonds is 16. The summed E-state index contributed by atoms with van der Waals surface area (Å²) in [5, 5.41) is 0. The lowest BCUT2D eigenvalue weighted by Crippen LogP contribution is -2.32. The van der Waals surface area contributed by atoms with E-state index in [0.717, 1.165) is 44.6 Å². The lowest BCUT2D eigenvalue weighted by atomic mass is 9.71. The molecule has 8 heteroatoms. The Bertz CT molecular complexity index is 2310. The van der Waals surface area contributed by atoms with Crippen molar-refractivity contribution < 1.29 is 25.2 Å². The number of benzene rings is 2. The molecular weight excluding hydrogens is 809 g/mol. The van der Waals surface area contributed by atoms with Gasteiger partial charge in [0.2, 0.25) is 0 Å². The summed E-state index contributed by atoms with van der Waals surface area (Å²) < 4.78 is 63.3. The fourth-order valence-electron chi connectivity index (χ4n) is 8.08. The molecule has 6 nitrogen and oxygen atoms in total. The van der Waals surface area contributed by atoms with Crippen molar-refractivity contribution in [3.8, 4) is 0 Å². The summed E-state index contributed by atoms with van der Waals surface area (Å²) in [7, 11) is -7.67. The van der Waals surface area contributed by atoms with Crippen LogP contribution in [0.2, 0.25) is 0 Å². The Morgan fingerprint density at radius 3 is 1.13 bits per heavy atom. The molecule has 0 radical (unpaired) electrons. The molecule has 0 spiro atoms. The summed E-state index contributed by atoms with van der Waals surface area (Å²) in [6, 6.07) is 13.6. The maximum absolute atomic E-state index is 13.0. The van der Waals surface area contributed by atoms with E-state index in [1.54, 1.807) is 48.5 Å². The van der Waals surface area contributed by atoms with Gasteiger partial charge < -0.3 is 0 Å². The lowest BCUT2D eigenvalue weighted by Gasteiger charge is -2.37. The third kappa shape index (κ3) is 15.0. The molecule has 2 aromatic rings. The normalized spacial score (nSPS) is 21.2. The highest BCUT2D eigenvalue weighted by molar-refractivity contribution is 7.87. The standard InChI is InChI=1S/C54H68O6S2/c1-39(19-15-21-41(3)27-33-51-45(7)35-47(37-53(51,9)10)59-61(55,56)49-29-23-43(5)24-30-49)17-13-14-18-40(2)20-16-22-42(4)28-34-52-46(8)36-48(38-54(52,11)12)60-62(57,58)50-31-25-44(6)26-32-50/h13-34,47-48H,35-38H2,1-12H3/b14-13+,19-15+,20-16+,33-27+,34-28+,39-17+,40-18+,41-21+,42-22+. The van der Waals surface area contributed by atoms with Crippen LogP contribution < -0.4 is 0 Å². The molecule has 4 rings (SSSR count). The van der Waals surface area contributed by atoms with Crippen molar-refractivity contribution in [3.63, 3.8) is 0 Å². The molecule has 2 unspecified atom stereocenters. The van der Waals surface area contributed by atoms with E-state index in [9.17, 15) is 16.8 Å². The van der Waals surface area contributed by atoms with Crippen LogP contribution in [0.15, 0.2) is 188 Å². The zero-order valence-electron chi connectivity index (χ0n) is 39.0. The molecule has 0 saturated heterocycles. The topological polar surface area (TPSA) is 86.7 Å². The SMILES string of the molecule is CC1=C(/C=C/C(C)=C/C=C/C(C)=C/C=C/C=C(C)/C=C/C=C(C)/C=C/C2=C(C)CC(OS(=O)(=O)c3ccc(C)cc3)CC2(C)C)C(C)(C)CC(OS(=O)(=O)c2ccc(C)cc2)C1. The fraction of sp³-hybridized carbons (Fsp3) is 0.370. The molecule has 62 heavy (non-hydrogen) atoms. The van der Waals surface area contributed by atoms with Gasteiger partial charge in [-0.25, -0.2) is 0 Å². The molecule has 332 valence electrons. The highest BCUT2D eigenvalue weighted by Crippen LogP contribution is 2.44. The first-order valence-corrected chi connectivity index (χ1v) is 24.3. The molecule has 0 heterocycles. The van der Waals surface area contributed by atoms with Gasteiger partial charge in [0.1, 0.15) is 0 Å². The quantitative estimate of drug-likeness (QED) is 0.123. The summed E-state index contributed by atoms with van der Waals surface area (Å²) in [5.41, 5.74) is 10.7. The minimum Gasteiger partial charge on any atom is -0.263 e. The Morgan fingerprint density at radius 2 is 0.806 bits per heavy atom. The van der Waals surface area contributed by atoms with Crippen molar-refractivity contribution >= 4 is 20.2 Å². The summed E-state index contributed by atoms with van der Waals surface area (Å²) in [6.07, 6.45) is 30.8. The van der Waals surface area contributed by atoms with Gasteiger partial charge in [0.25, 0.3) is 20.2 Å². The van der Waals surface area contributed by atoms with Crippen molar-refractivity contribution in [2.24, 2.45) is 10.8 Å². The molecule has 0 aromatic heterocycles. The lowest BCUT2D eigenvalue weighted by molar-refractivity contribution is 0.145. The number of hydrogen-bond donors (Lipinski definition) is 0. The molecule has 0 amide bonds. The summed E-state index contributed by atoms with van der Waals surface area (Å²) in [6.45, 7) is 24.9. The van der Waals surface area contributed by atoms with Gasteiger partial charge >= 0.3 is 0 Å². The molecule has 2 aliphatic carbocycles. The van der Waals surface area contributed by atoms with Gasteiger partial charge in [-0.2, -0.15) is 16.8 Å². The van der Waals surface area contributed by atoms with E-state index in [2.05, 4.69) is 142 Å². The average Bonchev–Trinajstić information content (AvgIpc) is 3.15. The highest BCUT2D eigenvalue weighted by Gasteiger charge is 2.37. The van der Waals surface area contributed by atoms with E-state index in [1.807, 2.05) is 26.0 Å². The monoisotopic (exact) mass is 876 g/mol. The van der Waals surface area contributed by atoms with Crippen LogP contribution in [0.3, 0.4) is 0 Å². The predicted molar refractivity (Wildman–Crippen MR) is 259 cm³/mol. The van der Waals surface area contributed by atoms with E-state index in [-0.39, 0.29) is 20.6 Å². The molecule has 0 bridgehead atoms. The van der Waals surface area contributed by atoms with Crippen LogP contribution in [-0.2, 0) is 28.6 Å². The Balaban J connectivity index is 1.27. The Kier molecular flexibility index (Phi) is 17.5. The van der Waals surface area contributed by atoms with Crippen LogP contribution in [0.1, 0.15) is 106 Å². The number of aryl methyl sites for hydroxylation is 2. The van der Waals surface area contributed by atoms with Crippen LogP contribution in [0.4, 0.5) is 0 Å². The first kappa shape index (κ1) is 50.0. The van der Waals surface area contributed by atoms with Crippen LogP contribution in [0, 0.1) is 24.7 Å². The second kappa shape index (κ2) is 21.7. The molecule has 2 aliphatic rings.